The Morgan fingerprint density at radius 2 is 2.23 bits per heavy atom. The molecule has 0 aliphatic carbocycles. The Morgan fingerprint density at radius 3 is 3.00 bits per heavy atom. The van der Waals surface area contributed by atoms with Crippen molar-refractivity contribution < 1.29 is 4.79 Å². The summed E-state index contributed by atoms with van der Waals surface area (Å²) in [5.74, 6) is 0.681. The Bertz CT molecular complexity index is 1220. The van der Waals surface area contributed by atoms with E-state index in [9.17, 15) is 4.79 Å². The molecule has 0 aliphatic rings. The third-order valence-electron chi connectivity index (χ3n) is 4.71. The molecule has 0 fully saturated rings. The molecule has 10 nitrogen and oxygen atoms in total. The van der Waals surface area contributed by atoms with E-state index in [0.29, 0.717) is 18.6 Å². The number of nitrogens with zero attached hydrogens (tertiary/aromatic N) is 4. The summed E-state index contributed by atoms with van der Waals surface area (Å²) in [4.78, 5) is 16.2. The van der Waals surface area contributed by atoms with Gasteiger partial charge < -0.3 is 11.1 Å². The Kier molecular flexibility index (Phi) is 6.15. The lowest BCUT2D eigenvalue weighted by molar-refractivity contribution is -0.109. The summed E-state index contributed by atoms with van der Waals surface area (Å²) in [5.41, 5.74) is 12.4. The molecule has 0 radical (unpaired) electrons. The second-order valence-corrected chi connectivity index (χ2v) is 7.62. The van der Waals surface area contributed by atoms with E-state index in [1.165, 1.54) is 11.3 Å². The number of carbonyl (C=O) groups is 1. The number of anilines is 1. The normalized spacial score (nSPS) is 13.0. The van der Waals surface area contributed by atoms with E-state index in [0.717, 1.165) is 37.6 Å². The molecular formula is C20H21N9OS. The molecule has 1 unspecified atom stereocenters. The first-order chi connectivity index (χ1) is 15.2. The summed E-state index contributed by atoms with van der Waals surface area (Å²) < 4.78 is 0. The predicted octanol–water partition coefficient (Wildman–Crippen LogP) is 2.19. The van der Waals surface area contributed by atoms with Gasteiger partial charge in [-0.2, -0.15) is 15.3 Å². The molecule has 158 valence electrons. The number of fused-ring (bicyclic) bond motifs is 1. The summed E-state index contributed by atoms with van der Waals surface area (Å²) >= 11 is 1.46. The number of thiazole rings is 1. The van der Waals surface area contributed by atoms with E-state index < -0.39 is 6.04 Å². The quantitative estimate of drug-likeness (QED) is 0.154. The number of H-pyrrole nitrogens is 2. The molecule has 31 heavy (non-hydrogen) atoms. The minimum absolute atomic E-state index is 0.431. The molecule has 3 aromatic heterocycles. The number of hydrogen-bond acceptors (Lipinski definition) is 8. The molecule has 6 N–H and O–H groups in total. The van der Waals surface area contributed by atoms with Crippen LogP contribution in [0.5, 0.6) is 0 Å². The van der Waals surface area contributed by atoms with Gasteiger partial charge in [-0.15, -0.1) is 11.3 Å². The van der Waals surface area contributed by atoms with Gasteiger partial charge in [0.25, 0.3) is 0 Å². The van der Waals surface area contributed by atoms with E-state index in [-0.39, 0.29) is 0 Å². The molecule has 0 spiro atoms. The van der Waals surface area contributed by atoms with Gasteiger partial charge in [0.1, 0.15) is 10.8 Å². The number of allylic oxidation sites excluding steroid dienone is 2. The third kappa shape index (κ3) is 4.37. The Balaban J connectivity index is 1.71. The number of benzene rings is 1. The van der Waals surface area contributed by atoms with Crippen molar-refractivity contribution in [1.29, 1.82) is 0 Å². The van der Waals surface area contributed by atoms with Crippen LogP contribution in [0.4, 0.5) is 5.82 Å². The highest BCUT2D eigenvalue weighted by atomic mass is 32.1. The summed E-state index contributed by atoms with van der Waals surface area (Å²) in [6.45, 7) is 0. The van der Waals surface area contributed by atoms with Crippen LogP contribution in [0.1, 0.15) is 27.2 Å². The largest absolute Gasteiger partial charge is 0.372 e. The number of hydrogen-bond donors (Lipinski definition) is 5. The zero-order valence-electron chi connectivity index (χ0n) is 16.7. The van der Waals surface area contributed by atoms with E-state index in [1.54, 1.807) is 19.5 Å². The van der Waals surface area contributed by atoms with Crippen molar-refractivity contribution in [2.75, 3.05) is 12.4 Å². The van der Waals surface area contributed by atoms with Crippen LogP contribution >= 0.6 is 11.3 Å². The molecule has 3 heterocycles. The van der Waals surface area contributed by atoms with Crippen LogP contribution in [0.25, 0.3) is 16.5 Å². The fourth-order valence-electron chi connectivity index (χ4n) is 3.18. The number of aromatic amines is 2. The first kappa shape index (κ1) is 20.4. The van der Waals surface area contributed by atoms with Crippen LogP contribution in [-0.4, -0.2) is 45.1 Å². The number of nitrogens with two attached hydrogens (primary N) is 1. The highest BCUT2D eigenvalue weighted by Crippen LogP contribution is 2.34. The molecule has 0 saturated carbocycles. The highest BCUT2D eigenvalue weighted by molar-refractivity contribution is 7.13. The predicted molar refractivity (Wildman–Crippen MR) is 122 cm³/mol. The molecular weight excluding hydrogens is 414 g/mol. The first-order valence-electron chi connectivity index (χ1n) is 9.48. The Labute approximate surface area is 181 Å². The van der Waals surface area contributed by atoms with Crippen molar-refractivity contribution in [3.63, 3.8) is 0 Å². The highest BCUT2D eigenvalue weighted by Gasteiger charge is 2.20. The van der Waals surface area contributed by atoms with Gasteiger partial charge in [0.15, 0.2) is 0 Å². The molecule has 1 aromatic carbocycles. The number of nitrogens with one attached hydrogen (secondary N) is 4. The van der Waals surface area contributed by atoms with Gasteiger partial charge in [-0.25, -0.2) is 10.4 Å². The van der Waals surface area contributed by atoms with Crippen LogP contribution < -0.4 is 16.5 Å². The average Bonchev–Trinajstić information content (AvgIpc) is 3.55. The molecule has 4 rings (SSSR count). The standard InChI is InChI=1S/C20H21N9OS/c1-22-19-18(31-20(27-19)17(21)16-7-8-23-29-16)13(9-24-26-11-30)6-5-12-3-2-4-15-14(12)10-25-28-15/h2-4,6-11,17,22H,5,21H2,1H3,(H,23,29)(H,25,28)(H,26,30)/b13-6+,24-9-. The maximum atomic E-state index is 10.7. The van der Waals surface area contributed by atoms with Gasteiger partial charge in [0, 0.05) is 24.2 Å². The average molecular weight is 436 g/mol. The minimum atomic E-state index is -0.431. The van der Waals surface area contributed by atoms with Gasteiger partial charge >= 0.3 is 0 Å². The fraction of sp³-hybridized carbons (Fsp3) is 0.150. The van der Waals surface area contributed by atoms with Crippen molar-refractivity contribution in [3.8, 4) is 0 Å². The molecule has 0 bridgehead atoms. The second-order valence-electron chi connectivity index (χ2n) is 6.59. The topological polar surface area (TPSA) is 150 Å². The molecule has 1 amide bonds. The molecule has 11 heteroatoms. The maximum absolute atomic E-state index is 10.7. The zero-order chi connectivity index (χ0) is 21.6. The Morgan fingerprint density at radius 1 is 1.32 bits per heavy atom. The van der Waals surface area contributed by atoms with Gasteiger partial charge in [0.2, 0.25) is 6.41 Å². The van der Waals surface area contributed by atoms with Crippen LogP contribution in [0, 0.1) is 0 Å². The van der Waals surface area contributed by atoms with E-state index in [4.69, 9.17) is 5.73 Å². The van der Waals surface area contributed by atoms with Crippen molar-refractivity contribution >= 4 is 46.3 Å². The summed E-state index contributed by atoms with van der Waals surface area (Å²) in [6.07, 6.45) is 8.27. The lowest BCUT2D eigenvalue weighted by Crippen LogP contribution is -2.12. The number of amides is 1. The Hall–Kier alpha value is -3.83. The lowest BCUT2D eigenvalue weighted by Gasteiger charge is -2.04. The zero-order valence-corrected chi connectivity index (χ0v) is 17.5. The van der Waals surface area contributed by atoms with Crippen molar-refractivity contribution in [1.82, 2.24) is 30.8 Å². The van der Waals surface area contributed by atoms with E-state index in [2.05, 4.69) is 47.3 Å². The molecule has 0 saturated heterocycles. The molecule has 1 atom stereocenters. The van der Waals surface area contributed by atoms with Crippen molar-refractivity contribution in [2.45, 2.75) is 12.5 Å². The summed E-state index contributed by atoms with van der Waals surface area (Å²) in [5, 5.41) is 22.8. The fourth-order valence-corrected chi connectivity index (χ4v) is 4.27. The maximum Gasteiger partial charge on any atom is 0.227 e. The van der Waals surface area contributed by atoms with Crippen LogP contribution in [0.3, 0.4) is 0 Å². The second kappa shape index (κ2) is 9.32. The monoisotopic (exact) mass is 435 g/mol. The van der Waals surface area contributed by atoms with Gasteiger partial charge in [0.05, 0.1) is 34.5 Å². The van der Waals surface area contributed by atoms with Gasteiger partial charge in [-0.3, -0.25) is 15.0 Å². The summed E-state index contributed by atoms with van der Waals surface area (Å²) in [6, 6.07) is 7.41. The van der Waals surface area contributed by atoms with Crippen molar-refractivity contribution in [3.05, 3.63) is 63.9 Å². The van der Waals surface area contributed by atoms with Crippen LogP contribution in [0.2, 0.25) is 0 Å². The third-order valence-corrected chi connectivity index (χ3v) is 5.90. The molecule has 0 aliphatic heterocycles. The minimum Gasteiger partial charge on any atom is -0.372 e. The molecule has 4 aromatic rings. The number of aromatic nitrogens is 5. The number of carbonyl (C=O) groups excluding carboxylic acids is 1. The van der Waals surface area contributed by atoms with E-state index in [1.807, 2.05) is 30.5 Å². The lowest BCUT2D eigenvalue weighted by atomic mass is 10.1. The first-order valence-corrected chi connectivity index (χ1v) is 10.3. The van der Waals surface area contributed by atoms with Gasteiger partial charge in [-0.1, -0.05) is 18.2 Å². The number of rotatable bonds is 9. The van der Waals surface area contributed by atoms with Crippen molar-refractivity contribution in [2.24, 2.45) is 10.8 Å². The van der Waals surface area contributed by atoms with Crippen LogP contribution in [-0.2, 0) is 11.2 Å². The van der Waals surface area contributed by atoms with Crippen LogP contribution in [0.15, 0.2) is 47.8 Å². The van der Waals surface area contributed by atoms with E-state index >= 15 is 0 Å². The summed E-state index contributed by atoms with van der Waals surface area (Å²) in [7, 11) is 1.80. The smallest absolute Gasteiger partial charge is 0.227 e. The SMILES string of the molecule is CNc1nc(C(N)c2ccn[nH]2)sc1C(/C=N\NC=O)=C/Cc1cccc2[nH]ncc12. The number of hydrazone groups is 1. The van der Waals surface area contributed by atoms with Gasteiger partial charge in [-0.05, 0) is 24.1 Å².